The molecule has 1 aliphatic rings. The van der Waals surface area contributed by atoms with E-state index >= 15 is 0 Å². The first-order valence-corrected chi connectivity index (χ1v) is 11.3. The lowest BCUT2D eigenvalue weighted by atomic mass is 10.00. The molecule has 0 aliphatic carbocycles. The minimum absolute atomic E-state index is 0.0366. The highest BCUT2D eigenvalue weighted by Gasteiger charge is 2.31. The number of nitrogens with zero attached hydrogens (tertiary/aromatic N) is 2. The maximum atomic E-state index is 13.3. The summed E-state index contributed by atoms with van der Waals surface area (Å²) in [5.41, 5.74) is 4.03. The molecule has 6 nitrogen and oxygen atoms in total. The summed E-state index contributed by atoms with van der Waals surface area (Å²) in [6.45, 7) is 1.48. The molecule has 0 aromatic heterocycles. The average Bonchev–Trinajstić information content (AvgIpc) is 3.29. The van der Waals surface area contributed by atoms with Crippen LogP contribution in [0.3, 0.4) is 0 Å². The van der Waals surface area contributed by atoms with Gasteiger partial charge in [0.15, 0.2) is 6.29 Å². The molecule has 1 atom stereocenters. The van der Waals surface area contributed by atoms with Crippen molar-refractivity contribution in [1.82, 2.24) is 4.90 Å². The zero-order valence-corrected chi connectivity index (χ0v) is 18.5. The zero-order valence-electron chi connectivity index (χ0n) is 18.5. The molecule has 1 amide bonds. The van der Waals surface area contributed by atoms with E-state index in [4.69, 9.17) is 0 Å². The number of aliphatic hydroxyl groups is 2. The first-order chi connectivity index (χ1) is 16.1. The predicted octanol–water partition coefficient (Wildman–Crippen LogP) is 3.44. The zero-order chi connectivity index (χ0) is 23.0. The molecule has 1 heterocycles. The number of benzene rings is 3. The van der Waals surface area contributed by atoms with Crippen LogP contribution in [0.5, 0.6) is 0 Å². The third kappa shape index (κ3) is 5.93. The van der Waals surface area contributed by atoms with Crippen LogP contribution < -0.4 is 5.32 Å². The van der Waals surface area contributed by atoms with Gasteiger partial charge in [0.2, 0.25) is 5.91 Å². The van der Waals surface area contributed by atoms with Gasteiger partial charge >= 0.3 is 0 Å². The maximum Gasteiger partial charge on any atom is 0.241 e. The Hall–Kier alpha value is -3.32. The van der Waals surface area contributed by atoms with Crippen molar-refractivity contribution in [2.24, 2.45) is 4.99 Å². The van der Waals surface area contributed by atoms with E-state index in [1.54, 1.807) is 0 Å². The number of amides is 1. The number of aliphatic hydroxyl groups excluding tert-OH is 1. The van der Waals surface area contributed by atoms with E-state index in [2.05, 4.69) is 27.3 Å². The van der Waals surface area contributed by atoms with Crippen LogP contribution in [-0.2, 0) is 11.3 Å². The van der Waals surface area contributed by atoms with Crippen LogP contribution in [0, 0.1) is 0 Å². The Bertz CT molecular complexity index is 1080. The summed E-state index contributed by atoms with van der Waals surface area (Å²) in [7, 11) is 0. The second-order valence-corrected chi connectivity index (χ2v) is 8.18. The molecule has 0 saturated carbocycles. The van der Waals surface area contributed by atoms with Crippen LogP contribution in [0.2, 0.25) is 0 Å². The van der Waals surface area contributed by atoms with Gasteiger partial charge in [0, 0.05) is 17.7 Å². The number of anilines is 1. The van der Waals surface area contributed by atoms with E-state index in [0.29, 0.717) is 11.4 Å². The number of carbonyl (C=O) groups is 1. The summed E-state index contributed by atoms with van der Waals surface area (Å²) in [6.07, 6.45) is 0.255. The van der Waals surface area contributed by atoms with Crippen LogP contribution in [-0.4, -0.2) is 52.2 Å². The quantitative estimate of drug-likeness (QED) is 0.368. The first kappa shape index (κ1) is 22.9. The van der Waals surface area contributed by atoms with E-state index < -0.39 is 6.29 Å². The van der Waals surface area contributed by atoms with Gasteiger partial charge in [-0.15, -0.1) is 0 Å². The third-order valence-electron chi connectivity index (χ3n) is 5.79. The molecule has 4 rings (SSSR count). The molecule has 0 spiro atoms. The van der Waals surface area contributed by atoms with Crippen LogP contribution >= 0.6 is 0 Å². The normalized spacial score (nSPS) is 16.8. The molecule has 0 unspecified atom stereocenters. The molecule has 3 aromatic carbocycles. The maximum absolute atomic E-state index is 13.3. The number of hydrogen-bond acceptors (Lipinski definition) is 5. The predicted molar refractivity (Wildman–Crippen MR) is 130 cm³/mol. The lowest BCUT2D eigenvalue weighted by Crippen LogP contribution is -2.39. The fourth-order valence-electron chi connectivity index (χ4n) is 4.25. The van der Waals surface area contributed by atoms with Crippen LogP contribution in [0.15, 0.2) is 89.9 Å². The number of likely N-dealkylation sites (tertiary alicyclic amines) is 1. The van der Waals surface area contributed by atoms with Gasteiger partial charge in [0.05, 0.1) is 24.0 Å². The van der Waals surface area contributed by atoms with E-state index in [9.17, 15) is 15.0 Å². The minimum atomic E-state index is -1.55. The number of rotatable bonds is 8. The summed E-state index contributed by atoms with van der Waals surface area (Å²) < 4.78 is 0. The lowest BCUT2D eigenvalue weighted by molar-refractivity contribution is -0.120. The Balaban J connectivity index is 1.57. The van der Waals surface area contributed by atoms with Crippen LogP contribution in [0.25, 0.3) is 0 Å². The summed E-state index contributed by atoms with van der Waals surface area (Å²) in [5, 5.41) is 21.9. The summed E-state index contributed by atoms with van der Waals surface area (Å²) in [6, 6.07) is 27.1. The Morgan fingerprint density at radius 1 is 0.970 bits per heavy atom. The standard InChI is InChI=1S/C27H29N3O3/c31-25(32)18-28-26(21-12-5-2-6-13-21)22-14-7-8-15-23(22)29-27(33)24-16-9-17-30(24)19-20-10-3-1-4-11-20/h1-8,10-15,24-25,31-32H,9,16-19H2,(H,29,33)/t24-/m0/s1. The Labute approximate surface area is 194 Å². The van der Waals surface area contributed by atoms with Gasteiger partial charge < -0.3 is 15.5 Å². The van der Waals surface area contributed by atoms with Gasteiger partial charge in [-0.3, -0.25) is 14.7 Å². The lowest BCUT2D eigenvalue weighted by Gasteiger charge is -2.24. The van der Waals surface area contributed by atoms with E-state index in [0.717, 1.165) is 37.1 Å². The largest absolute Gasteiger partial charge is 0.367 e. The van der Waals surface area contributed by atoms with Crippen molar-refractivity contribution in [3.05, 3.63) is 102 Å². The molecule has 1 saturated heterocycles. The first-order valence-electron chi connectivity index (χ1n) is 11.3. The van der Waals surface area contributed by atoms with Crippen LogP contribution in [0.1, 0.15) is 29.5 Å². The van der Waals surface area contributed by atoms with Gasteiger partial charge in [0.1, 0.15) is 0 Å². The molecular formula is C27H29N3O3. The molecule has 3 aromatic rings. The van der Waals surface area contributed by atoms with E-state index in [-0.39, 0.29) is 18.5 Å². The molecular weight excluding hydrogens is 414 g/mol. The number of aliphatic imine (C=N–C) groups is 1. The Morgan fingerprint density at radius 2 is 1.64 bits per heavy atom. The summed E-state index contributed by atoms with van der Waals surface area (Å²) >= 11 is 0. The minimum Gasteiger partial charge on any atom is -0.367 e. The van der Waals surface area contributed by atoms with Crippen molar-refractivity contribution in [2.45, 2.75) is 31.7 Å². The Morgan fingerprint density at radius 3 is 2.36 bits per heavy atom. The number of carbonyl (C=O) groups excluding carboxylic acids is 1. The number of nitrogens with one attached hydrogen (secondary N) is 1. The second kappa shape index (κ2) is 11.0. The summed E-state index contributed by atoms with van der Waals surface area (Å²) in [4.78, 5) is 20.0. The van der Waals surface area contributed by atoms with Crippen molar-refractivity contribution in [1.29, 1.82) is 0 Å². The monoisotopic (exact) mass is 443 g/mol. The van der Waals surface area contributed by atoms with Crippen molar-refractivity contribution in [3.63, 3.8) is 0 Å². The highest BCUT2D eigenvalue weighted by atomic mass is 16.5. The number of hydrogen-bond donors (Lipinski definition) is 3. The van der Waals surface area contributed by atoms with Gasteiger partial charge in [0.25, 0.3) is 0 Å². The van der Waals surface area contributed by atoms with Gasteiger partial charge in [-0.05, 0) is 31.0 Å². The van der Waals surface area contributed by atoms with Gasteiger partial charge in [-0.2, -0.15) is 0 Å². The van der Waals surface area contributed by atoms with E-state index in [1.807, 2.05) is 72.8 Å². The fraction of sp³-hybridized carbons (Fsp3) is 0.259. The molecule has 1 fully saturated rings. The SMILES string of the molecule is O=C(Nc1ccccc1C(=NCC(O)O)c1ccccc1)[C@@H]1CCCN1Cc1ccccc1. The van der Waals surface area contributed by atoms with Crippen molar-refractivity contribution in [3.8, 4) is 0 Å². The summed E-state index contributed by atoms with van der Waals surface area (Å²) in [5.74, 6) is -0.0366. The smallest absolute Gasteiger partial charge is 0.241 e. The average molecular weight is 444 g/mol. The van der Waals surface area contributed by atoms with Crippen molar-refractivity contribution in [2.75, 3.05) is 18.4 Å². The number of para-hydroxylation sites is 1. The highest BCUT2D eigenvalue weighted by Crippen LogP contribution is 2.24. The molecule has 0 radical (unpaired) electrons. The highest BCUT2D eigenvalue weighted by molar-refractivity contribution is 6.17. The molecule has 3 N–H and O–H groups in total. The molecule has 33 heavy (non-hydrogen) atoms. The molecule has 6 heteroatoms. The fourth-order valence-corrected chi connectivity index (χ4v) is 4.25. The molecule has 0 bridgehead atoms. The van der Waals surface area contributed by atoms with Gasteiger partial charge in [-0.25, -0.2) is 0 Å². The molecule has 170 valence electrons. The third-order valence-corrected chi connectivity index (χ3v) is 5.79. The van der Waals surface area contributed by atoms with E-state index in [1.165, 1.54) is 5.56 Å². The van der Waals surface area contributed by atoms with Crippen molar-refractivity contribution >= 4 is 17.3 Å². The molecule has 1 aliphatic heterocycles. The Kier molecular flexibility index (Phi) is 7.62. The van der Waals surface area contributed by atoms with Crippen LogP contribution in [0.4, 0.5) is 5.69 Å². The topological polar surface area (TPSA) is 85.2 Å². The van der Waals surface area contributed by atoms with Crippen molar-refractivity contribution < 1.29 is 15.0 Å². The van der Waals surface area contributed by atoms with Gasteiger partial charge in [-0.1, -0.05) is 78.9 Å². The second-order valence-electron chi connectivity index (χ2n) is 8.18.